The first-order valence-electron chi connectivity index (χ1n) is 13.0. The van der Waals surface area contributed by atoms with E-state index in [0.29, 0.717) is 23.0 Å². The first-order chi connectivity index (χ1) is 19.9. The van der Waals surface area contributed by atoms with Crippen LogP contribution in [0.1, 0.15) is 50.4 Å². The van der Waals surface area contributed by atoms with E-state index in [1.165, 1.54) is 11.2 Å². The number of alkyl halides is 6. The van der Waals surface area contributed by atoms with Crippen LogP contribution in [0.5, 0.6) is 0 Å². The number of hydrogen-bond donors (Lipinski definition) is 1. The monoisotopic (exact) mass is 586 g/mol. The number of likely N-dealkylation sites (tertiary alicyclic amines) is 1. The molecule has 218 valence electrons. The van der Waals surface area contributed by atoms with E-state index >= 15 is 0 Å². The van der Waals surface area contributed by atoms with Crippen LogP contribution in [0.3, 0.4) is 0 Å². The van der Waals surface area contributed by atoms with Crippen molar-refractivity contribution in [3.05, 3.63) is 107 Å². The molecule has 0 aliphatic carbocycles. The molecule has 12 heteroatoms. The molecule has 1 N–H and O–H groups in total. The van der Waals surface area contributed by atoms with Gasteiger partial charge in [-0.25, -0.2) is 9.97 Å². The summed E-state index contributed by atoms with van der Waals surface area (Å²) in [7, 11) is 0. The number of carbonyl (C=O) groups is 2. The Balaban J connectivity index is 1.43. The summed E-state index contributed by atoms with van der Waals surface area (Å²) in [5.74, 6) is -1.40. The van der Waals surface area contributed by atoms with E-state index < -0.39 is 52.9 Å². The summed E-state index contributed by atoms with van der Waals surface area (Å²) in [5.41, 5.74) is -2.25. The third-order valence-electron chi connectivity index (χ3n) is 7.22. The van der Waals surface area contributed by atoms with Gasteiger partial charge in [0.15, 0.2) is 0 Å². The minimum Gasteiger partial charge on any atom is -0.348 e. The van der Waals surface area contributed by atoms with Crippen molar-refractivity contribution in [1.82, 2.24) is 20.2 Å². The second-order valence-electron chi connectivity index (χ2n) is 10.1. The fourth-order valence-corrected chi connectivity index (χ4v) is 5.21. The van der Waals surface area contributed by atoms with Gasteiger partial charge in [-0.05, 0) is 49.1 Å². The molecule has 1 aromatic heterocycles. The first-order valence-corrected chi connectivity index (χ1v) is 13.0. The number of benzene rings is 3. The molecule has 1 fully saturated rings. The van der Waals surface area contributed by atoms with Crippen molar-refractivity contribution < 1.29 is 35.9 Å². The Morgan fingerprint density at radius 2 is 1.50 bits per heavy atom. The van der Waals surface area contributed by atoms with Gasteiger partial charge in [0.2, 0.25) is 0 Å². The Bertz CT molecular complexity index is 1570. The highest BCUT2D eigenvalue weighted by Crippen LogP contribution is 2.37. The molecule has 0 bridgehead atoms. The molecule has 3 aromatic carbocycles. The molecule has 1 aliphatic rings. The molecule has 1 saturated heterocycles. The zero-order chi connectivity index (χ0) is 30.1. The summed E-state index contributed by atoms with van der Waals surface area (Å²) in [4.78, 5) is 36.3. The molecular weight excluding hydrogens is 562 g/mol. The highest BCUT2D eigenvalue weighted by atomic mass is 19.4. The molecule has 42 heavy (non-hydrogen) atoms. The van der Waals surface area contributed by atoms with Crippen molar-refractivity contribution >= 4 is 22.7 Å². The van der Waals surface area contributed by atoms with Crippen molar-refractivity contribution in [3.63, 3.8) is 0 Å². The maximum absolute atomic E-state index is 13.5. The maximum atomic E-state index is 13.5. The van der Waals surface area contributed by atoms with E-state index in [-0.39, 0.29) is 37.6 Å². The van der Waals surface area contributed by atoms with Gasteiger partial charge in [0, 0.05) is 29.6 Å². The second-order valence-corrected chi connectivity index (χ2v) is 10.1. The summed E-state index contributed by atoms with van der Waals surface area (Å²) in [5, 5.41) is 3.49. The summed E-state index contributed by atoms with van der Waals surface area (Å²) in [6.07, 6.45) is -8.15. The van der Waals surface area contributed by atoms with E-state index in [0.717, 1.165) is 5.56 Å². The standard InChI is InChI=1S/C30H24F6N4O2/c31-29(32,33)20-13-19(14-21(15-20)30(34,35)36)28(42)40-11-10-22(16-23(40)12-18-6-2-1-3-7-18)39-27(41)26-24-8-4-5-9-25(24)37-17-38-26/h1-9,13-15,17,22-23H,10-12,16H2,(H,39,41)/t22-,23+/m0/s1. The Kier molecular flexibility index (Phi) is 7.89. The lowest BCUT2D eigenvalue weighted by Gasteiger charge is -2.40. The predicted octanol–water partition coefficient (Wildman–Crippen LogP) is 6.31. The number of amides is 2. The molecule has 0 spiro atoms. The number of rotatable bonds is 5. The molecule has 0 unspecified atom stereocenters. The van der Waals surface area contributed by atoms with Gasteiger partial charge in [-0.15, -0.1) is 0 Å². The second kappa shape index (κ2) is 11.4. The Labute approximate surface area is 236 Å². The highest BCUT2D eigenvalue weighted by Gasteiger charge is 2.39. The molecule has 1 aliphatic heterocycles. The Morgan fingerprint density at radius 1 is 0.857 bits per heavy atom. The smallest absolute Gasteiger partial charge is 0.348 e. The zero-order valence-electron chi connectivity index (χ0n) is 21.9. The molecule has 0 saturated carbocycles. The number of aromatic nitrogens is 2. The third kappa shape index (κ3) is 6.37. The number of fused-ring (bicyclic) bond motifs is 1. The summed E-state index contributed by atoms with van der Waals surface area (Å²) >= 11 is 0. The molecular formula is C30H24F6N4O2. The van der Waals surface area contributed by atoms with Gasteiger partial charge in [-0.2, -0.15) is 26.3 Å². The number of halogens is 6. The normalized spacial score (nSPS) is 17.7. The lowest BCUT2D eigenvalue weighted by atomic mass is 9.91. The molecule has 6 nitrogen and oxygen atoms in total. The van der Waals surface area contributed by atoms with Crippen LogP contribution in [-0.2, 0) is 18.8 Å². The molecule has 4 aromatic rings. The van der Waals surface area contributed by atoms with Crippen molar-refractivity contribution in [2.24, 2.45) is 0 Å². The number of carbonyl (C=O) groups excluding carboxylic acids is 2. The third-order valence-corrected chi connectivity index (χ3v) is 7.22. The van der Waals surface area contributed by atoms with Gasteiger partial charge >= 0.3 is 12.4 Å². The average molecular weight is 587 g/mol. The van der Waals surface area contributed by atoms with Crippen molar-refractivity contribution in [2.45, 2.75) is 43.7 Å². The average Bonchev–Trinajstić information content (AvgIpc) is 2.96. The number of nitrogens with zero attached hydrogens (tertiary/aromatic N) is 3. The van der Waals surface area contributed by atoms with Gasteiger partial charge in [0.1, 0.15) is 12.0 Å². The van der Waals surface area contributed by atoms with Crippen LogP contribution in [0.25, 0.3) is 10.9 Å². The number of piperidine rings is 1. The van der Waals surface area contributed by atoms with Crippen LogP contribution in [-0.4, -0.2) is 45.3 Å². The first kappa shape index (κ1) is 29.0. The SMILES string of the molecule is O=C(N[C@H]1CCN(C(=O)c2cc(C(F)(F)F)cc(C(F)(F)F)c2)[C@H](Cc2ccccc2)C1)c1ncnc2ccccc12. The van der Waals surface area contributed by atoms with E-state index in [1.807, 2.05) is 12.1 Å². The summed E-state index contributed by atoms with van der Waals surface area (Å²) in [6.45, 7) is 0.00337. The number of para-hydroxylation sites is 1. The van der Waals surface area contributed by atoms with Crippen molar-refractivity contribution in [2.75, 3.05) is 6.54 Å². The van der Waals surface area contributed by atoms with Gasteiger partial charge < -0.3 is 10.2 Å². The van der Waals surface area contributed by atoms with Gasteiger partial charge in [-0.1, -0.05) is 48.5 Å². The zero-order valence-corrected chi connectivity index (χ0v) is 21.9. The van der Waals surface area contributed by atoms with Crippen LogP contribution in [0, 0.1) is 0 Å². The van der Waals surface area contributed by atoms with Crippen LogP contribution >= 0.6 is 0 Å². The van der Waals surface area contributed by atoms with Gasteiger partial charge in [0.25, 0.3) is 11.8 Å². The van der Waals surface area contributed by atoms with Crippen molar-refractivity contribution in [1.29, 1.82) is 0 Å². The molecule has 2 amide bonds. The fraction of sp³-hybridized carbons (Fsp3) is 0.267. The van der Waals surface area contributed by atoms with Crippen LogP contribution in [0.4, 0.5) is 26.3 Å². The van der Waals surface area contributed by atoms with Crippen LogP contribution in [0.15, 0.2) is 79.1 Å². The molecule has 0 radical (unpaired) electrons. The molecule has 2 atom stereocenters. The Hall–Kier alpha value is -4.48. The summed E-state index contributed by atoms with van der Waals surface area (Å²) in [6, 6.07) is 15.8. The number of hydrogen-bond acceptors (Lipinski definition) is 4. The lowest BCUT2D eigenvalue weighted by molar-refractivity contribution is -0.143. The minimum absolute atomic E-state index is 0.00314. The van der Waals surface area contributed by atoms with Crippen LogP contribution in [0.2, 0.25) is 0 Å². The van der Waals surface area contributed by atoms with Gasteiger partial charge in [0.05, 0.1) is 16.6 Å². The maximum Gasteiger partial charge on any atom is 0.416 e. The molecule has 2 heterocycles. The fourth-order valence-electron chi connectivity index (χ4n) is 5.21. The predicted molar refractivity (Wildman–Crippen MR) is 141 cm³/mol. The van der Waals surface area contributed by atoms with E-state index in [1.54, 1.807) is 42.5 Å². The van der Waals surface area contributed by atoms with Gasteiger partial charge in [-0.3, -0.25) is 9.59 Å². The Morgan fingerprint density at radius 3 is 2.17 bits per heavy atom. The van der Waals surface area contributed by atoms with E-state index in [4.69, 9.17) is 0 Å². The largest absolute Gasteiger partial charge is 0.416 e. The van der Waals surface area contributed by atoms with E-state index in [9.17, 15) is 35.9 Å². The van der Waals surface area contributed by atoms with E-state index in [2.05, 4.69) is 15.3 Å². The lowest BCUT2D eigenvalue weighted by Crippen LogP contribution is -2.53. The summed E-state index contributed by atoms with van der Waals surface area (Å²) < 4.78 is 80.8. The minimum atomic E-state index is -5.08. The van der Waals surface area contributed by atoms with Crippen molar-refractivity contribution in [3.8, 4) is 0 Å². The topological polar surface area (TPSA) is 75.2 Å². The molecule has 5 rings (SSSR count). The van der Waals surface area contributed by atoms with Crippen LogP contribution < -0.4 is 5.32 Å². The highest BCUT2D eigenvalue weighted by molar-refractivity contribution is 6.04. The number of nitrogens with one attached hydrogen (secondary N) is 1. The quantitative estimate of drug-likeness (QED) is 0.278.